The van der Waals surface area contributed by atoms with Crippen LogP contribution in [0.25, 0.3) is 5.57 Å². The number of hydrogen-bond acceptors (Lipinski definition) is 0. The van der Waals surface area contributed by atoms with Gasteiger partial charge in [-0.25, -0.2) is 0 Å². The van der Waals surface area contributed by atoms with Gasteiger partial charge in [0, 0.05) is 0 Å². The van der Waals surface area contributed by atoms with Gasteiger partial charge in [0.1, 0.15) is 0 Å². The van der Waals surface area contributed by atoms with E-state index in [2.05, 4.69) is 83.3 Å². The van der Waals surface area contributed by atoms with Crippen LogP contribution in [0.5, 0.6) is 0 Å². The van der Waals surface area contributed by atoms with Gasteiger partial charge in [-0.05, 0) is 68.0 Å². The van der Waals surface area contributed by atoms with Gasteiger partial charge in [-0.3, -0.25) is 0 Å². The molecule has 1 rings (SSSR count). The van der Waals surface area contributed by atoms with Gasteiger partial charge in [-0.15, -0.1) is 0 Å². The van der Waals surface area contributed by atoms with E-state index >= 15 is 0 Å². The van der Waals surface area contributed by atoms with E-state index < -0.39 is 0 Å². The quantitative estimate of drug-likeness (QED) is 0.505. The van der Waals surface area contributed by atoms with Gasteiger partial charge in [-0.1, -0.05) is 67.6 Å². The van der Waals surface area contributed by atoms with E-state index in [1.54, 1.807) is 0 Å². The Morgan fingerprint density at radius 1 is 1.05 bits per heavy atom. The van der Waals surface area contributed by atoms with Crippen LogP contribution in [-0.2, 0) is 0 Å². The van der Waals surface area contributed by atoms with Gasteiger partial charge < -0.3 is 0 Å². The zero-order chi connectivity index (χ0) is 16.7. The van der Waals surface area contributed by atoms with Gasteiger partial charge in [-0.2, -0.15) is 0 Å². The fourth-order valence-corrected chi connectivity index (χ4v) is 2.16. The van der Waals surface area contributed by atoms with E-state index in [1.165, 1.54) is 22.3 Å². The second-order valence-corrected chi connectivity index (χ2v) is 5.98. The Balaban J connectivity index is 3.47. The molecule has 0 N–H and O–H groups in total. The number of aryl methyl sites for hydroxylation is 1. The second-order valence-electron chi connectivity index (χ2n) is 5.98. The zero-order valence-corrected chi connectivity index (χ0v) is 14.7. The standard InChI is InChI=1S/C22H28/c1-8-18(6)22(21-12-10-9-11-19(21)7)15-20(17(4)5)14-13-16(2)3/h9-15H,4,6,8H2,1-3,5,7H3/b20-14-,22-15+. The van der Waals surface area contributed by atoms with Crippen molar-refractivity contribution in [3.05, 3.63) is 89.1 Å². The minimum atomic E-state index is 0.937. The summed E-state index contributed by atoms with van der Waals surface area (Å²) < 4.78 is 0. The lowest BCUT2D eigenvalue weighted by Crippen LogP contribution is -1.93. The van der Waals surface area contributed by atoms with Crippen LogP contribution < -0.4 is 0 Å². The lowest BCUT2D eigenvalue weighted by molar-refractivity contribution is 1.16. The first-order valence-electron chi connectivity index (χ1n) is 7.83. The summed E-state index contributed by atoms with van der Waals surface area (Å²) in [6.45, 7) is 18.9. The summed E-state index contributed by atoms with van der Waals surface area (Å²) in [5.41, 5.74) is 8.36. The van der Waals surface area contributed by atoms with Crippen LogP contribution in [-0.4, -0.2) is 0 Å². The molecule has 0 aliphatic carbocycles. The largest absolute Gasteiger partial charge is 0.0955 e. The Labute approximate surface area is 136 Å². The molecule has 1 aromatic rings. The maximum Gasteiger partial charge on any atom is -0.0149 e. The minimum Gasteiger partial charge on any atom is -0.0955 e. The molecule has 0 bridgehead atoms. The van der Waals surface area contributed by atoms with Gasteiger partial charge >= 0.3 is 0 Å². The lowest BCUT2D eigenvalue weighted by Gasteiger charge is -2.14. The molecule has 116 valence electrons. The molecule has 22 heavy (non-hydrogen) atoms. The van der Waals surface area contributed by atoms with Crippen LogP contribution >= 0.6 is 0 Å². The van der Waals surface area contributed by atoms with Gasteiger partial charge in [0.05, 0.1) is 0 Å². The summed E-state index contributed by atoms with van der Waals surface area (Å²) >= 11 is 0. The summed E-state index contributed by atoms with van der Waals surface area (Å²) in [7, 11) is 0. The molecule has 0 fully saturated rings. The Bertz CT molecular complexity index is 644. The van der Waals surface area contributed by atoms with Gasteiger partial charge in [0.2, 0.25) is 0 Å². The summed E-state index contributed by atoms with van der Waals surface area (Å²) in [6, 6.07) is 8.47. The zero-order valence-electron chi connectivity index (χ0n) is 14.7. The van der Waals surface area contributed by atoms with Crippen molar-refractivity contribution in [1.82, 2.24) is 0 Å². The van der Waals surface area contributed by atoms with E-state index in [0.29, 0.717) is 0 Å². The number of allylic oxidation sites excluding steroid dienone is 8. The first kappa shape index (κ1) is 18.0. The van der Waals surface area contributed by atoms with Gasteiger partial charge in [0.25, 0.3) is 0 Å². The molecule has 0 unspecified atom stereocenters. The summed E-state index contributed by atoms with van der Waals surface area (Å²) in [6.07, 6.45) is 7.42. The molecular formula is C22H28. The molecule has 0 spiro atoms. The van der Waals surface area contributed by atoms with E-state index in [9.17, 15) is 0 Å². The van der Waals surface area contributed by atoms with Crippen molar-refractivity contribution in [2.24, 2.45) is 0 Å². The van der Waals surface area contributed by atoms with Crippen LogP contribution in [0.15, 0.2) is 77.9 Å². The molecule has 0 heterocycles. The normalized spacial score (nSPS) is 12.0. The molecule has 0 saturated heterocycles. The Morgan fingerprint density at radius 2 is 1.68 bits per heavy atom. The number of rotatable bonds is 6. The lowest BCUT2D eigenvalue weighted by atomic mass is 9.91. The molecule has 0 aliphatic heterocycles. The molecule has 0 saturated carbocycles. The average molecular weight is 292 g/mol. The van der Waals surface area contributed by atoms with Crippen LogP contribution in [0.1, 0.15) is 45.2 Å². The van der Waals surface area contributed by atoms with E-state index in [4.69, 9.17) is 0 Å². The Morgan fingerprint density at radius 3 is 2.18 bits per heavy atom. The fraction of sp³-hybridized carbons (Fsp3) is 0.273. The van der Waals surface area contributed by atoms with Crippen molar-refractivity contribution in [2.75, 3.05) is 0 Å². The predicted molar refractivity (Wildman–Crippen MR) is 101 cm³/mol. The van der Waals surface area contributed by atoms with E-state index in [0.717, 1.165) is 23.1 Å². The maximum absolute atomic E-state index is 4.26. The number of hydrogen-bond donors (Lipinski definition) is 0. The molecule has 1 aromatic carbocycles. The minimum absolute atomic E-state index is 0.937. The predicted octanol–water partition coefficient (Wildman–Crippen LogP) is 6.81. The molecule has 0 nitrogen and oxygen atoms in total. The molecule has 0 radical (unpaired) electrons. The summed E-state index contributed by atoms with van der Waals surface area (Å²) in [5, 5.41) is 0. The average Bonchev–Trinajstić information content (AvgIpc) is 2.47. The van der Waals surface area contributed by atoms with Crippen LogP contribution in [0.4, 0.5) is 0 Å². The van der Waals surface area contributed by atoms with Crippen molar-refractivity contribution >= 4 is 5.57 Å². The van der Waals surface area contributed by atoms with Crippen molar-refractivity contribution in [1.29, 1.82) is 0 Å². The second kappa shape index (κ2) is 8.38. The topological polar surface area (TPSA) is 0 Å². The fourth-order valence-electron chi connectivity index (χ4n) is 2.16. The molecule has 0 heteroatoms. The molecule has 0 atom stereocenters. The smallest absolute Gasteiger partial charge is 0.0149 e. The van der Waals surface area contributed by atoms with Crippen LogP contribution in [0.2, 0.25) is 0 Å². The third-order valence-electron chi connectivity index (χ3n) is 3.63. The summed E-state index contributed by atoms with van der Waals surface area (Å²) in [4.78, 5) is 0. The third kappa shape index (κ3) is 5.04. The molecule has 0 aliphatic rings. The van der Waals surface area contributed by atoms with Crippen molar-refractivity contribution in [3.63, 3.8) is 0 Å². The van der Waals surface area contributed by atoms with Crippen LogP contribution in [0, 0.1) is 6.92 Å². The van der Waals surface area contributed by atoms with Crippen molar-refractivity contribution in [2.45, 2.75) is 41.0 Å². The monoisotopic (exact) mass is 292 g/mol. The highest BCUT2D eigenvalue weighted by Gasteiger charge is 2.08. The van der Waals surface area contributed by atoms with Crippen LogP contribution in [0.3, 0.4) is 0 Å². The highest BCUT2D eigenvalue weighted by atomic mass is 14.1. The SMILES string of the molecule is C=C(C)C(=C\C=C(C)C)/C=C(\C(=C)CC)c1ccccc1C. The highest BCUT2D eigenvalue weighted by molar-refractivity contribution is 5.82. The van der Waals surface area contributed by atoms with Gasteiger partial charge in [0.15, 0.2) is 0 Å². The summed E-state index contributed by atoms with van der Waals surface area (Å²) in [5.74, 6) is 0. The Hall–Kier alpha value is -2.08. The maximum atomic E-state index is 4.26. The number of benzene rings is 1. The van der Waals surface area contributed by atoms with E-state index in [1.807, 2.05) is 6.92 Å². The highest BCUT2D eigenvalue weighted by Crippen LogP contribution is 2.29. The molecular weight excluding hydrogens is 264 g/mol. The van der Waals surface area contributed by atoms with Crippen molar-refractivity contribution in [3.8, 4) is 0 Å². The molecule has 0 aromatic heterocycles. The Kier molecular flexibility index (Phi) is 6.85. The van der Waals surface area contributed by atoms with E-state index in [-0.39, 0.29) is 0 Å². The third-order valence-corrected chi connectivity index (χ3v) is 3.63. The first-order valence-corrected chi connectivity index (χ1v) is 7.83. The first-order chi connectivity index (χ1) is 10.4. The molecule has 0 amide bonds. The van der Waals surface area contributed by atoms with Crippen molar-refractivity contribution < 1.29 is 0 Å².